The molecule has 0 aromatic heterocycles. The summed E-state index contributed by atoms with van der Waals surface area (Å²) in [5, 5.41) is 0. The number of rotatable bonds is 7. The number of benzene rings is 4. The molecule has 0 saturated heterocycles. The van der Waals surface area contributed by atoms with Gasteiger partial charge in [-0.2, -0.15) is 8.42 Å². The van der Waals surface area contributed by atoms with E-state index in [0.29, 0.717) is 11.1 Å². The molecular formula is C32H25N3O7S. The third kappa shape index (κ3) is 5.15. The van der Waals surface area contributed by atoms with Crippen molar-refractivity contribution in [2.24, 2.45) is 4.40 Å². The van der Waals surface area contributed by atoms with Gasteiger partial charge in [0.1, 0.15) is 11.4 Å². The Hall–Kier alpha value is -5.29. The Kier molecular flexibility index (Phi) is 7.02. The van der Waals surface area contributed by atoms with Gasteiger partial charge in [-0.25, -0.2) is 4.79 Å². The zero-order valence-electron chi connectivity index (χ0n) is 23.2. The molecule has 0 unspecified atom stereocenters. The number of hydrogen-bond donors (Lipinski definition) is 0. The van der Waals surface area contributed by atoms with Gasteiger partial charge in [-0.15, -0.1) is 4.40 Å². The molecule has 0 saturated carbocycles. The molecular weight excluding hydrogens is 570 g/mol. The van der Waals surface area contributed by atoms with Gasteiger partial charge in [-0.3, -0.25) is 14.5 Å². The van der Waals surface area contributed by atoms with Gasteiger partial charge >= 0.3 is 5.97 Å². The molecule has 43 heavy (non-hydrogen) atoms. The highest BCUT2D eigenvalue weighted by Crippen LogP contribution is 2.34. The average molecular weight is 596 g/mol. The summed E-state index contributed by atoms with van der Waals surface area (Å²) in [6.07, 6.45) is 0. The number of sulfonamides is 1. The van der Waals surface area contributed by atoms with Crippen LogP contribution in [0.1, 0.15) is 37.4 Å². The summed E-state index contributed by atoms with van der Waals surface area (Å²) in [6.45, 7) is 1.61. The largest absolute Gasteiger partial charge is 0.493 e. The molecule has 6 rings (SSSR count). The van der Waals surface area contributed by atoms with E-state index in [9.17, 15) is 22.8 Å². The number of carbonyl (C=O) groups excluding carboxylic acids is 3. The van der Waals surface area contributed by atoms with Gasteiger partial charge < -0.3 is 14.4 Å². The molecule has 0 fully saturated rings. The minimum atomic E-state index is -3.86. The van der Waals surface area contributed by atoms with E-state index >= 15 is 0 Å². The van der Waals surface area contributed by atoms with Crippen molar-refractivity contribution < 1.29 is 32.3 Å². The summed E-state index contributed by atoms with van der Waals surface area (Å²) in [7, 11) is -2.45. The number of amides is 2. The van der Waals surface area contributed by atoms with Crippen molar-refractivity contribution in [3.63, 3.8) is 0 Å². The van der Waals surface area contributed by atoms with Crippen molar-refractivity contribution in [3.8, 4) is 11.5 Å². The van der Waals surface area contributed by atoms with Crippen molar-refractivity contribution in [1.82, 2.24) is 4.90 Å². The Bertz CT molecular complexity index is 1900. The predicted octanol–water partition coefficient (Wildman–Crippen LogP) is 4.36. The predicted molar refractivity (Wildman–Crippen MR) is 158 cm³/mol. The third-order valence-electron chi connectivity index (χ3n) is 7.17. The Morgan fingerprint density at radius 2 is 1.47 bits per heavy atom. The molecule has 11 heteroatoms. The van der Waals surface area contributed by atoms with Crippen LogP contribution < -0.4 is 14.4 Å². The minimum absolute atomic E-state index is 0.0980. The van der Waals surface area contributed by atoms with Gasteiger partial charge in [-0.05, 0) is 61.0 Å². The van der Waals surface area contributed by atoms with E-state index in [4.69, 9.17) is 9.47 Å². The van der Waals surface area contributed by atoms with Gasteiger partial charge in [0.2, 0.25) is 0 Å². The Morgan fingerprint density at radius 3 is 2.12 bits per heavy atom. The maximum atomic E-state index is 12.9. The number of methoxy groups -OCH3 is 1. The topological polar surface area (TPSA) is 123 Å². The second kappa shape index (κ2) is 10.8. The fraction of sp³-hybridized carbons (Fsp3) is 0.125. The lowest BCUT2D eigenvalue weighted by Gasteiger charge is -2.25. The molecule has 0 bridgehead atoms. The summed E-state index contributed by atoms with van der Waals surface area (Å²) in [4.78, 5) is 40.9. The van der Waals surface area contributed by atoms with Crippen molar-refractivity contribution in [3.05, 3.63) is 119 Å². The highest BCUT2D eigenvalue weighted by atomic mass is 32.2. The highest BCUT2D eigenvalue weighted by molar-refractivity contribution is 7.90. The molecule has 0 aliphatic carbocycles. The van der Waals surface area contributed by atoms with Crippen molar-refractivity contribution in [2.45, 2.75) is 18.4 Å². The summed E-state index contributed by atoms with van der Waals surface area (Å²) >= 11 is 0. The van der Waals surface area contributed by atoms with Crippen LogP contribution in [0.5, 0.6) is 11.5 Å². The van der Waals surface area contributed by atoms with Crippen LogP contribution in [-0.4, -0.2) is 50.6 Å². The molecule has 2 amide bonds. The average Bonchev–Trinajstić information content (AvgIpc) is 3.42. The zero-order chi connectivity index (χ0) is 30.3. The smallest absolute Gasteiger partial charge is 0.331 e. The number of hydrogen-bond acceptors (Lipinski definition) is 8. The lowest BCUT2D eigenvalue weighted by Crippen LogP contribution is -2.36. The molecule has 4 aromatic carbocycles. The molecule has 4 aromatic rings. The molecule has 10 nitrogen and oxygen atoms in total. The first-order valence-electron chi connectivity index (χ1n) is 13.3. The van der Waals surface area contributed by atoms with Crippen molar-refractivity contribution >= 4 is 39.3 Å². The number of carbonyl (C=O) groups is 3. The Morgan fingerprint density at radius 1 is 0.837 bits per heavy atom. The van der Waals surface area contributed by atoms with Gasteiger partial charge in [0.05, 0.1) is 18.2 Å². The normalized spacial score (nSPS) is 14.7. The van der Waals surface area contributed by atoms with E-state index in [1.165, 1.54) is 25.3 Å². The van der Waals surface area contributed by atoms with Crippen molar-refractivity contribution in [2.75, 3.05) is 18.6 Å². The number of nitrogens with zero attached hydrogens (tertiary/aromatic N) is 3. The molecule has 0 atom stereocenters. The molecule has 216 valence electrons. The summed E-state index contributed by atoms with van der Waals surface area (Å²) < 4.78 is 40.8. The number of imide groups is 1. The summed E-state index contributed by atoms with van der Waals surface area (Å²) in [5.41, 5.74) is 3.45. The number of amidine groups is 1. The van der Waals surface area contributed by atoms with Gasteiger partial charge in [0, 0.05) is 17.8 Å². The third-order valence-corrected chi connectivity index (χ3v) is 8.50. The van der Waals surface area contributed by atoms with E-state index in [-0.39, 0.29) is 39.9 Å². The first-order chi connectivity index (χ1) is 20.7. The number of esters is 1. The van der Waals surface area contributed by atoms with E-state index < -0.39 is 34.4 Å². The zero-order valence-corrected chi connectivity index (χ0v) is 24.0. The molecule has 2 heterocycles. The second-order valence-corrected chi connectivity index (χ2v) is 11.6. The standard InChI is InChI=1S/C32H25N3O7S/c1-20-11-14-22(15-12-20)34(30-25-9-5-6-10-28(25)43(39,40)33-30)18-21-13-16-26(27(17-21)41-2)42-29(36)19-35-31(37)23-7-3-4-8-24(23)32(35)38/h3-17H,18-19H2,1-2H3. The van der Waals surface area contributed by atoms with Crippen LogP contribution in [0.3, 0.4) is 0 Å². The van der Waals surface area contributed by atoms with Gasteiger partial charge in [-0.1, -0.05) is 48.0 Å². The van der Waals surface area contributed by atoms with Crippen molar-refractivity contribution in [1.29, 1.82) is 0 Å². The lowest BCUT2D eigenvalue weighted by molar-refractivity contribution is -0.134. The molecule has 2 aliphatic heterocycles. The number of anilines is 1. The molecule has 0 radical (unpaired) electrons. The fourth-order valence-corrected chi connectivity index (χ4v) is 6.25. The van der Waals surface area contributed by atoms with Crippen LogP contribution in [0, 0.1) is 6.92 Å². The Labute approximate surface area is 247 Å². The van der Waals surface area contributed by atoms with Gasteiger partial charge in [0.25, 0.3) is 21.8 Å². The van der Waals surface area contributed by atoms with Crippen LogP contribution >= 0.6 is 0 Å². The van der Waals surface area contributed by atoms with Gasteiger partial charge in [0.15, 0.2) is 17.3 Å². The van der Waals surface area contributed by atoms with Crippen LogP contribution in [0.2, 0.25) is 0 Å². The number of fused-ring (bicyclic) bond motifs is 2. The van der Waals surface area contributed by atoms with E-state index in [1.54, 1.807) is 53.4 Å². The van der Waals surface area contributed by atoms with E-state index in [2.05, 4.69) is 4.40 Å². The van der Waals surface area contributed by atoms with E-state index in [1.807, 2.05) is 31.2 Å². The maximum absolute atomic E-state index is 12.9. The SMILES string of the molecule is COc1cc(CN(C2=NS(=O)(=O)c3ccccc32)c2ccc(C)cc2)ccc1OC(=O)CN1C(=O)c2ccccc2C1=O. The summed E-state index contributed by atoms with van der Waals surface area (Å²) in [6, 6.07) is 25.6. The van der Waals surface area contributed by atoms with Crippen LogP contribution in [-0.2, 0) is 21.4 Å². The number of ether oxygens (including phenoxy) is 2. The molecule has 2 aliphatic rings. The highest BCUT2D eigenvalue weighted by Gasteiger charge is 2.37. The molecule has 0 N–H and O–H groups in total. The number of aryl methyl sites for hydroxylation is 1. The van der Waals surface area contributed by atoms with E-state index in [0.717, 1.165) is 16.2 Å². The Balaban J connectivity index is 1.26. The summed E-state index contributed by atoms with van der Waals surface area (Å²) in [5.74, 6) is -1.32. The quantitative estimate of drug-likeness (QED) is 0.176. The van der Waals surface area contributed by atoms with Crippen LogP contribution in [0.15, 0.2) is 100 Å². The molecule has 0 spiro atoms. The van der Waals surface area contributed by atoms with Crippen LogP contribution in [0.25, 0.3) is 0 Å². The monoisotopic (exact) mass is 595 g/mol. The maximum Gasteiger partial charge on any atom is 0.331 e. The van der Waals surface area contributed by atoms with Crippen LogP contribution in [0.4, 0.5) is 5.69 Å². The lowest BCUT2D eigenvalue weighted by atomic mass is 10.1. The minimum Gasteiger partial charge on any atom is -0.493 e. The first kappa shape index (κ1) is 27.9. The fourth-order valence-electron chi connectivity index (χ4n) is 5.04. The second-order valence-electron chi connectivity index (χ2n) is 10.0. The first-order valence-corrected chi connectivity index (χ1v) is 14.7.